The average Bonchev–Trinajstić information content (AvgIpc) is 3.25. The number of carbonyl (C=O) groups is 1. The van der Waals surface area contributed by atoms with E-state index in [1.165, 1.54) is 180 Å². The molecular weight excluding hydrogens is 823 g/mol. The molecule has 1 heterocycles. The Morgan fingerprint density at radius 3 is 1.27 bits per heavy atom. The van der Waals surface area contributed by atoms with Gasteiger partial charge < -0.3 is 35.2 Å². The van der Waals surface area contributed by atoms with E-state index in [1.807, 2.05) is 0 Å². The Labute approximate surface area is 386 Å². The van der Waals surface area contributed by atoms with Crippen LogP contribution in [-0.2, 0) is 28.9 Å². The van der Waals surface area contributed by atoms with Gasteiger partial charge in [-0.25, -0.2) is 4.18 Å². The highest BCUT2D eigenvalue weighted by Gasteiger charge is 2.48. The summed E-state index contributed by atoms with van der Waals surface area (Å²) in [5.74, 6) is -0.224. The summed E-state index contributed by atoms with van der Waals surface area (Å²) in [5, 5.41) is 45.0. The molecule has 1 aliphatic heterocycles. The minimum atomic E-state index is -5.07. The number of unbranched alkanes of at least 4 members (excludes halogenated alkanes) is 34. The van der Waals surface area contributed by atoms with Crippen molar-refractivity contribution in [3.63, 3.8) is 0 Å². The topological polar surface area (TPSA) is 192 Å². The number of hydrogen-bond acceptors (Lipinski definition) is 10. The minimum Gasteiger partial charge on any atom is -0.394 e. The minimum absolute atomic E-state index is 0.224. The number of aliphatic hydroxyl groups is 4. The monoisotopic (exact) mass is 922 g/mol. The normalized spacial score (nSPS) is 20.3. The van der Waals surface area contributed by atoms with Gasteiger partial charge in [0, 0.05) is 6.42 Å². The fraction of sp³-hybridized carbons (Fsp3) is 0.980. The van der Waals surface area contributed by atoms with Crippen LogP contribution in [0.3, 0.4) is 0 Å². The SMILES string of the molecule is CCCCCCCCCCCCCCCCCCCCCCCCC(=O)NC(COC1OC(CO)C(O)C(OS(=O)(=O)O)C1O)C(O)CCCCCCCCCCCCCCCC. The molecule has 7 atom stereocenters. The van der Waals surface area contributed by atoms with Crippen molar-refractivity contribution in [1.82, 2.24) is 5.32 Å². The molecule has 13 heteroatoms. The molecule has 1 saturated heterocycles. The van der Waals surface area contributed by atoms with Gasteiger partial charge in [-0.3, -0.25) is 9.35 Å². The molecule has 1 amide bonds. The smallest absolute Gasteiger partial charge is 0.394 e. The third kappa shape index (κ3) is 34.1. The van der Waals surface area contributed by atoms with E-state index in [0.717, 1.165) is 51.4 Å². The van der Waals surface area contributed by atoms with E-state index in [2.05, 4.69) is 23.3 Å². The van der Waals surface area contributed by atoms with Gasteiger partial charge >= 0.3 is 10.4 Å². The fourth-order valence-corrected chi connectivity index (χ4v) is 9.32. The van der Waals surface area contributed by atoms with Gasteiger partial charge in [0.2, 0.25) is 5.91 Å². The Balaban J connectivity index is 2.37. The van der Waals surface area contributed by atoms with Crippen molar-refractivity contribution in [3.05, 3.63) is 0 Å². The van der Waals surface area contributed by atoms with Crippen LogP contribution in [0.1, 0.15) is 258 Å². The van der Waals surface area contributed by atoms with Gasteiger partial charge in [0.25, 0.3) is 0 Å². The van der Waals surface area contributed by atoms with Crippen molar-refractivity contribution in [1.29, 1.82) is 0 Å². The molecule has 0 radical (unpaired) electrons. The molecule has 12 nitrogen and oxygen atoms in total. The maximum absolute atomic E-state index is 13.1. The predicted molar refractivity (Wildman–Crippen MR) is 255 cm³/mol. The Kier molecular flexibility index (Phi) is 39.4. The first-order valence-corrected chi connectivity index (χ1v) is 27.8. The molecule has 63 heavy (non-hydrogen) atoms. The van der Waals surface area contributed by atoms with Gasteiger partial charge in [0.05, 0.1) is 25.4 Å². The van der Waals surface area contributed by atoms with Crippen LogP contribution in [0.25, 0.3) is 0 Å². The van der Waals surface area contributed by atoms with Crippen molar-refractivity contribution < 1.29 is 51.8 Å². The Morgan fingerprint density at radius 1 is 0.571 bits per heavy atom. The van der Waals surface area contributed by atoms with Gasteiger partial charge in [0.15, 0.2) is 6.29 Å². The summed E-state index contributed by atoms with van der Waals surface area (Å²) in [6, 6.07) is -0.852. The Morgan fingerprint density at radius 2 is 0.921 bits per heavy atom. The number of carbonyl (C=O) groups excluding carboxylic acids is 1. The van der Waals surface area contributed by atoms with Crippen LogP contribution >= 0.6 is 0 Å². The molecule has 376 valence electrons. The fourth-order valence-electron chi connectivity index (χ4n) is 8.81. The molecule has 0 saturated carbocycles. The number of rotatable bonds is 46. The van der Waals surface area contributed by atoms with E-state index in [1.54, 1.807) is 0 Å². The summed E-state index contributed by atoms with van der Waals surface area (Å²) in [7, 11) is -5.07. The summed E-state index contributed by atoms with van der Waals surface area (Å²) in [5.41, 5.74) is 0. The van der Waals surface area contributed by atoms with Crippen LogP contribution in [0.4, 0.5) is 0 Å². The largest absolute Gasteiger partial charge is 0.397 e. The molecule has 1 rings (SSSR count). The van der Waals surface area contributed by atoms with Crippen molar-refractivity contribution >= 4 is 16.3 Å². The lowest BCUT2D eigenvalue weighted by Gasteiger charge is -2.41. The number of nitrogens with one attached hydrogen (secondary N) is 1. The molecular formula is C50H99NO11S. The van der Waals surface area contributed by atoms with Crippen LogP contribution in [0.15, 0.2) is 0 Å². The summed E-state index contributed by atoms with van der Waals surface area (Å²) < 4.78 is 47.8. The highest BCUT2D eigenvalue weighted by Crippen LogP contribution is 2.26. The van der Waals surface area contributed by atoms with Gasteiger partial charge in [-0.15, -0.1) is 0 Å². The van der Waals surface area contributed by atoms with E-state index in [4.69, 9.17) is 9.47 Å². The Hall–Kier alpha value is -0.900. The zero-order chi connectivity index (χ0) is 46.2. The van der Waals surface area contributed by atoms with Crippen LogP contribution in [-0.4, -0.2) is 95.4 Å². The first-order valence-electron chi connectivity index (χ1n) is 26.4. The van der Waals surface area contributed by atoms with Crippen molar-refractivity contribution in [2.24, 2.45) is 0 Å². The number of hydrogen-bond donors (Lipinski definition) is 6. The molecule has 0 aromatic rings. The lowest BCUT2D eigenvalue weighted by Crippen LogP contribution is -2.61. The number of amides is 1. The Bertz CT molecular complexity index is 1130. The van der Waals surface area contributed by atoms with Gasteiger partial charge in [-0.1, -0.05) is 239 Å². The summed E-state index contributed by atoms with van der Waals surface area (Å²) in [6.07, 6.45) is 36.8. The van der Waals surface area contributed by atoms with Gasteiger partial charge in [-0.2, -0.15) is 8.42 Å². The maximum atomic E-state index is 13.1. The van der Waals surface area contributed by atoms with E-state index < -0.39 is 59.9 Å². The van der Waals surface area contributed by atoms with E-state index in [0.29, 0.717) is 12.8 Å². The first kappa shape index (κ1) is 60.1. The second-order valence-corrected chi connectivity index (χ2v) is 19.9. The van der Waals surface area contributed by atoms with Gasteiger partial charge in [0.1, 0.15) is 24.4 Å². The maximum Gasteiger partial charge on any atom is 0.397 e. The van der Waals surface area contributed by atoms with Crippen molar-refractivity contribution in [2.75, 3.05) is 13.2 Å². The van der Waals surface area contributed by atoms with E-state index in [-0.39, 0.29) is 12.5 Å². The predicted octanol–water partition coefficient (Wildman–Crippen LogP) is 11.3. The third-order valence-corrected chi connectivity index (χ3v) is 13.4. The first-order chi connectivity index (χ1) is 30.5. The van der Waals surface area contributed by atoms with Crippen molar-refractivity contribution in [3.8, 4) is 0 Å². The van der Waals surface area contributed by atoms with E-state index >= 15 is 0 Å². The lowest BCUT2D eigenvalue weighted by atomic mass is 9.99. The molecule has 0 aromatic heterocycles. The lowest BCUT2D eigenvalue weighted by molar-refractivity contribution is -0.298. The van der Waals surface area contributed by atoms with Crippen LogP contribution in [0.5, 0.6) is 0 Å². The standard InChI is InChI=1S/C50H99NO11S/c1-3-5-7-9-11-13-15-17-19-20-21-22-23-24-25-26-28-30-32-34-36-38-40-46(54)51-43(42-60-50-48(56)49(62-63(57,58)59)47(55)45(41-52)61-50)44(53)39-37-35-33-31-29-27-18-16-14-12-10-8-6-4-2/h43-45,47-50,52-53,55-56H,3-42H2,1-2H3,(H,51,54)(H,57,58,59). The molecule has 0 spiro atoms. The highest BCUT2D eigenvalue weighted by molar-refractivity contribution is 7.80. The average molecular weight is 922 g/mol. The number of ether oxygens (including phenoxy) is 2. The summed E-state index contributed by atoms with van der Waals surface area (Å²) >= 11 is 0. The third-order valence-electron chi connectivity index (χ3n) is 12.9. The van der Waals surface area contributed by atoms with Crippen LogP contribution in [0, 0.1) is 0 Å². The summed E-state index contributed by atoms with van der Waals surface area (Å²) in [6.45, 7) is 3.48. The number of aliphatic hydroxyl groups excluding tert-OH is 4. The van der Waals surface area contributed by atoms with Crippen LogP contribution < -0.4 is 5.32 Å². The van der Waals surface area contributed by atoms with E-state index in [9.17, 15) is 38.2 Å². The molecule has 0 aromatic carbocycles. The highest BCUT2D eigenvalue weighted by atomic mass is 32.3. The summed E-state index contributed by atoms with van der Waals surface area (Å²) in [4.78, 5) is 13.1. The van der Waals surface area contributed by atoms with Crippen LogP contribution in [0.2, 0.25) is 0 Å². The van der Waals surface area contributed by atoms with Gasteiger partial charge in [-0.05, 0) is 12.8 Å². The molecule has 1 aliphatic rings. The molecule has 7 unspecified atom stereocenters. The molecule has 0 bridgehead atoms. The molecule has 6 N–H and O–H groups in total. The molecule has 1 fully saturated rings. The second kappa shape index (κ2) is 41.3. The quantitative estimate of drug-likeness (QED) is 0.0251. The molecule has 0 aliphatic carbocycles. The zero-order valence-electron chi connectivity index (χ0n) is 40.4. The van der Waals surface area contributed by atoms with Crippen molar-refractivity contribution in [2.45, 2.75) is 301 Å². The zero-order valence-corrected chi connectivity index (χ0v) is 41.2. The second-order valence-electron chi connectivity index (χ2n) is 18.8.